The fourth-order valence-corrected chi connectivity index (χ4v) is 3.06. The van der Waals surface area contributed by atoms with E-state index in [4.69, 9.17) is 4.74 Å². The van der Waals surface area contributed by atoms with Gasteiger partial charge in [-0.1, -0.05) is 32.0 Å². The largest absolute Gasteiger partial charge is 0.494 e. The summed E-state index contributed by atoms with van der Waals surface area (Å²) in [5, 5.41) is 3.45. The average molecular weight is 363 g/mol. The SMILES string of the molecule is CCOc1ccccc1[C@@H](CCC(C)C)N1CCNCC1.Cl.Cl. The van der Waals surface area contributed by atoms with Gasteiger partial charge in [0.05, 0.1) is 6.61 Å². The molecule has 0 aliphatic carbocycles. The zero-order chi connectivity index (χ0) is 15.1. The molecule has 1 aromatic carbocycles. The molecule has 0 spiro atoms. The summed E-state index contributed by atoms with van der Waals surface area (Å²) >= 11 is 0. The third-order valence-electron chi connectivity index (χ3n) is 4.19. The molecule has 0 radical (unpaired) electrons. The van der Waals surface area contributed by atoms with Crippen LogP contribution in [0.2, 0.25) is 0 Å². The molecular formula is C18H32Cl2N2O. The first-order chi connectivity index (χ1) is 10.2. The number of hydrogen-bond donors (Lipinski definition) is 1. The van der Waals surface area contributed by atoms with E-state index in [2.05, 4.69) is 55.3 Å². The van der Waals surface area contributed by atoms with Crippen LogP contribution in [-0.2, 0) is 0 Å². The summed E-state index contributed by atoms with van der Waals surface area (Å²) in [4.78, 5) is 2.62. The van der Waals surface area contributed by atoms with Gasteiger partial charge in [-0.3, -0.25) is 4.90 Å². The number of para-hydroxylation sites is 1. The third-order valence-corrected chi connectivity index (χ3v) is 4.19. The smallest absolute Gasteiger partial charge is 0.124 e. The van der Waals surface area contributed by atoms with E-state index in [0.29, 0.717) is 6.04 Å². The van der Waals surface area contributed by atoms with E-state index in [1.54, 1.807) is 0 Å². The van der Waals surface area contributed by atoms with E-state index >= 15 is 0 Å². The number of halogens is 2. The quantitative estimate of drug-likeness (QED) is 0.781. The minimum absolute atomic E-state index is 0. The van der Waals surface area contributed by atoms with Crippen molar-refractivity contribution in [1.29, 1.82) is 0 Å². The number of nitrogens with zero attached hydrogens (tertiary/aromatic N) is 1. The Kier molecular flexibility index (Phi) is 11.7. The maximum atomic E-state index is 5.87. The summed E-state index contributed by atoms with van der Waals surface area (Å²) in [7, 11) is 0. The molecule has 1 heterocycles. The van der Waals surface area contributed by atoms with E-state index in [1.165, 1.54) is 18.4 Å². The van der Waals surface area contributed by atoms with E-state index in [-0.39, 0.29) is 24.8 Å². The number of ether oxygens (including phenoxy) is 1. The molecule has 5 heteroatoms. The zero-order valence-corrected chi connectivity index (χ0v) is 16.2. The summed E-state index contributed by atoms with van der Waals surface area (Å²) in [6, 6.07) is 9.06. The molecule has 1 N–H and O–H groups in total. The Balaban J connectivity index is 0.00000242. The zero-order valence-electron chi connectivity index (χ0n) is 14.6. The molecule has 0 amide bonds. The van der Waals surface area contributed by atoms with E-state index in [9.17, 15) is 0 Å². The monoisotopic (exact) mass is 362 g/mol. The van der Waals surface area contributed by atoms with Crippen LogP contribution in [0, 0.1) is 5.92 Å². The Morgan fingerprint density at radius 1 is 1.09 bits per heavy atom. The molecule has 1 aromatic rings. The first-order valence-corrected chi connectivity index (χ1v) is 8.38. The molecule has 2 rings (SSSR count). The Labute approximate surface area is 154 Å². The standard InChI is InChI=1S/C18H30N2O.2ClH/c1-4-21-18-8-6-5-7-16(18)17(10-9-15(2)3)20-13-11-19-12-14-20;;/h5-8,15,17,19H,4,9-14H2,1-3H3;2*1H/t17-;;/m1../s1. The van der Waals surface area contributed by atoms with Gasteiger partial charge in [0.1, 0.15) is 5.75 Å². The van der Waals surface area contributed by atoms with Crippen molar-refractivity contribution in [3.63, 3.8) is 0 Å². The molecular weight excluding hydrogens is 331 g/mol. The Morgan fingerprint density at radius 3 is 2.35 bits per heavy atom. The number of hydrogen-bond acceptors (Lipinski definition) is 3. The summed E-state index contributed by atoms with van der Waals surface area (Å²) in [5.74, 6) is 1.81. The fourth-order valence-electron chi connectivity index (χ4n) is 3.06. The molecule has 0 aromatic heterocycles. The van der Waals surface area contributed by atoms with Crippen molar-refractivity contribution in [3.05, 3.63) is 29.8 Å². The molecule has 1 atom stereocenters. The van der Waals surface area contributed by atoms with E-state index in [1.807, 2.05) is 0 Å². The lowest BCUT2D eigenvalue weighted by Gasteiger charge is -2.36. The minimum Gasteiger partial charge on any atom is -0.494 e. The highest BCUT2D eigenvalue weighted by molar-refractivity contribution is 5.85. The Bertz CT molecular complexity index is 423. The van der Waals surface area contributed by atoms with Crippen molar-refractivity contribution in [2.24, 2.45) is 5.92 Å². The predicted octanol–water partition coefficient (Wildman–Crippen LogP) is 4.31. The lowest BCUT2D eigenvalue weighted by Crippen LogP contribution is -2.45. The second-order valence-corrected chi connectivity index (χ2v) is 6.24. The normalized spacial score (nSPS) is 16.3. The fraction of sp³-hybridized carbons (Fsp3) is 0.667. The summed E-state index contributed by atoms with van der Waals surface area (Å²) in [6.45, 7) is 11.9. The van der Waals surface area contributed by atoms with Gasteiger partial charge in [0, 0.05) is 37.8 Å². The first-order valence-electron chi connectivity index (χ1n) is 8.38. The molecule has 0 saturated carbocycles. The van der Waals surface area contributed by atoms with Crippen LogP contribution in [0.1, 0.15) is 45.2 Å². The van der Waals surface area contributed by atoms with Crippen molar-refractivity contribution in [2.75, 3.05) is 32.8 Å². The van der Waals surface area contributed by atoms with Gasteiger partial charge in [-0.15, -0.1) is 24.8 Å². The van der Waals surface area contributed by atoms with E-state index in [0.717, 1.165) is 44.5 Å². The van der Waals surface area contributed by atoms with Crippen molar-refractivity contribution >= 4 is 24.8 Å². The van der Waals surface area contributed by atoms with Gasteiger partial charge in [-0.05, 0) is 31.7 Å². The van der Waals surface area contributed by atoms with Crippen LogP contribution in [0.3, 0.4) is 0 Å². The van der Waals surface area contributed by atoms with Crippen LogP contribution in [-0.4, -0.2) is 37.7 Å². The van der Waals surface area contributed by atoms with Crippen molar-refractivity contribution < 1.29 is 4.74 Å². The Hall–Kier alpha value is -0.480. The summed E-state index contributed by atoms with van der Waals surface area (Å²) in [5.41, 5.74) is 1.36. The van der Waals surface area contributed by atoms with Gasteiger partial charge in [-0.25, -0.2) is 0 Å². The molecule has 23 heavy (non-hydrogen) atoms. The van der Waals surface area contributed by atoms with Gasteiger partial charge in [-0.2, -0.15) is 0 Å². The molecule has 1 aliphatic heterocycles. The highest BCUT2D eigenvalue weighted by Gasteiger charge is 2.24. The lowest BCUT2D eigenvalue weighted by atomic mass is 9.95. The predicted molar refractivity (Wildman–Crippen MR) is 103 cm³/mol. The second-order valence-electron chi connectivity index (χ2n) is 6.24. The van der Waals surface area contributed by atoms with E-state index < -0.39 is 0 Å². The maximum Gasteiger partial charge on any atom is 0.124 e. The summed E-state index contributed by atoms with van der Waals surface area (Å²) in [6.07, 6.45) is 2.47. The lowest BCUT2D eigenvalue weighted by molar-refractivity contribution is 0.156. The van der Waals surface area contributed by atoms with Crippen molar-refractivity contribution in [2.45, 2.75) is 39.7 Å². The van der Waals surface area contributed by atoms with Gasteiger partial charge < -0.3 is 10.1 Å². The van der Waals surface area contributed by atoms with Crippen LogP contribution >= 0.6 is 24.8 Å². The first kappa shape index (κ1) is 22.5. The third kappa shape index (κ3) is 6.88. The van der Waals surface area contributed by atoms with Crippen molar-refractivity contribution in [1.82, 2.24) is 10.2 Å². The Morgan fingerprint density at radius 2 is 1.74 bits per heavy atom. The molecule has 1 saturated heterocycles. The molecule has 1 aliphatic rings. The molecule has 0 unspecified atom stereocenters. The highest BCUT2D eigenvalue weighted by Crippen LogP contribution is 2.33. The number of nitrogens with one attached hydrogen (secondary N) is 1. The second kappa shape index (κ2) is 12.0. The van der Waals surface area contributed by atoms with Gasteiger partial charge in [0.25, 0.3) is 0 Å². The van der Waals surface area contributed by atoms with Crippen LogP contribution in [0.25, 0.3) is 0 Å². The number of benzene rings is 1. The van der Waals surface area contributed by atoms with Crippen LogP contribution in [0.15, 0.2) is 24.3 Å². The van der Waals surface area contributed by atoms with Gasteiger partial charge in [0.2, 0.25) is 0 Å². The minimum atomic E-state index is 0. The van der Waals surface area contributed by atoms with Crippen molar-refractivity contribution in [3.8, 4) is 5.75 Å². The van der Waals surface area contributed by atoms with Gasteiger partial charge in [0.15, 0.2) is 0 Å². The average Bonchev–Trinajstić information content (AvgIpc) is 2.50. The van der Waals surface area contributed by atoms with Gasteiger partial charge >= 0.3 is 0 Å². The number of piperazine rings is 1. The summed E-state index contributed by atoms with van der Waals surface area (Å²) < 4.78 is 5.87. The van der Waals surface area contributed by atoms with Crippen LogP contribution in [0.5, 0.6) is 5.75 Å². The molecule has 134 valence electrons. The van der Waals surface area contributed by atoms with Crippen LogP contribution < -0.4 is 10.1 Å². The molecule has 3 nitrogen and oxygen atoms in total. The topological polar surface area (TPSA) is 24.5 Å². The number of rotatable bonds is 7. The van der Waals surface area contributed by atoms with Crippen LogP contribution in [0.4, 0.5) is 0 Å². The molecule has 1 fully saturated rings. The highest BCUT2D eigenvalue weighted by atomic mass is 35.5. The molecule has 0 bridgehead atoms. The maximum absolute atomic E-state index is 5.87.